The molecule has 82 valence electrons. The first kappa shape index (κ1) is 11.3. The molecule has 0 saturated heterocycles. The third-order valence-corrected chi connectivity index (χ3v) is 4.34. The van der Waals surface area contributed by atoms with Gasteiger partial charge in [0, 0.05) is 18.2 Å². The normalized spacial score (nSPS) is 22.7. The number of nitrogens with zero attached hydrogens (tertiary/aromatic N) is 3. The molecule has 6 heteroatoms. The van der Waals surface area contributed by atoms with E-state index < -0.39 is 4.33 Å². The van der Waals surface area contributed by atoms with E-state index in [1.807, 2.05) is 10.6 Å². The zero-order valence-electron chi connectivity index (χ0n) is 8.07. The highest BCUT2D eigenvalue weighted by Gasteiger charge is 2.51. The summed E-state index contributed by atoms with van der Waals surface area (Å²) in [6.07, 6.45) is 4.39. The molecule has 1 aliphatic carbocycles. The quantitative estimate of drug-likeness (QED) is 0.465. The second-order valence-electron chi connectivity index (χ2n) is 3.53. The van der Waals surface area contributed by atoms with Crippen molar-refractivity contribution in [1.82, 2.24) is 14.8 Å². The van der Waals surface area contributed by atoms with Gasteiger partial charge in [0.25, 0.3) is 0 Å². The molecule has 0 aromatic carbocycles. The van der Waals surface area contributed by atoms with E-state index in [0.717, 1.165) is 23.9 Å². The van der Waals surface area contributed by atoms with Crippen LogP contribution in [0, 0.1) is 5.92 Å². The van der Waals surface area contributed by atoms with Gasteiger partial charge in [-0.25, -0.2) is 0 Å². The van der Waals surface area contributed by atoms with Gasteiger partial charge in [0.15, 0.2) is 5.16 Å². The average Bonchev–Trinajstić information content (AvgIpc) is 2.61. The summed E-state index contributed by atoms with van der Waals surface area (Å²) in [5.74, 6) is 1.27. The summed E-state index contributed by atoms with van der Waals surface area (Å²) in [6, 6.07) is 0. The molecule has 1 aliphatic rings. The van der Waals surface area contributed by atoms with Crippen LogP contribution in [0.3, 0.4) is 0 Å². The third-order valence-electron chi connectivity index (χ3n) is 2.28. The van der Waals surface area contributed by atoms with Crippen LogP contribution in [0.2, 0.25) is 0 Å². The second kappa shape index (κ2) is 4.36. The van der Waals surface area contributed by atoms with Crippen molar-refractivity contribution >= 4 is 35.0 Å². The Morgan fingerprint density at radius 2 is 2.47 bits per heavy atom. The van der Waals surface area contributed by atoms with Crippen molar-refractivity contribution in [3.05, 3.63) is 19.0 Å². The van der Waals surface area contributed by atoms with E-state index in [9.17, 15) is 0 Å². The number of thioether (sulfide) groups is 1. The molecule has 3 nitrogen and oxygen atoms in total. The maximum Gasteiger partial charge on any atom is 0.191 e. The molecule has 1 aromatic rings. The van der Waals surface area contributed by atoms with Gasteiger partial charge in [0.05, 0.1) is 0 Å². The van der Waals surface area contributed by atoms with Gasteiger partial charge in [-0.2, -0.15) is 0 Å². The van der Waals surface area contributed by atoms with Crippen LogP contribution in [-0.4, -0.2) is 24.9 Å². The summed E-state index contributed by atoms with van der Waals surface area (Å²) in [5, 5.41) is 8.77. The molecule has 0 N–H and O–H groups in total. The van der Waals surface area contributed by atoms with Gasteiger partial charge in [-0.3, -0.25) is 0 Å². The maximum absolute atomic E-state index is 5.94. The summed E-state index contributed by atoms with van der Waals surface area (Å²) in [6.45, 7) is 4.41. The van der Waals surface area contributed by atoms with Crippen LogP contribution in [0.1, 0.15) is 6.42 Å². The Balaban J connectivity index is 1.88. The standard InChI is InChI=1S/C9H11Cl2N3S/c1-2-3-14-6-12-13-8(14)15-5-7-4-9(7,10)11/h2,6-7H,1,3-5H2. The molecule has 0 radical (unpaired) electrons. The fourth-order valence-electron chi connectivity index (χ4n) is 1.25. The molecule has 1 atom stereocenters. The van der Waals surface area contributed by atoms with Crippen molar-refractivity contribution in [1.29, 1.82) is 0 Å². The molecule has 15 heavy (non-hydrogen) atoms. The first-order valence-corrected chi connectivity index (χ1v) is 6.37. The Morgan fingerprint density at radius 3 is 3.07 bits per heavy atom. The molecule has 0 bridgehead atoms. The number of hydrogen-bond donors (Lipinski definition) is 0. The van der Waals surface area contributed by atoms with Gasteiger partial charge in [0.1, 0.15) is 10.7 Å². The first-order chi connectivity index (χ1) is 7.13. The summed E-state index contributed by atoms with van der Waals surface area (Å²) in [5.41, 5.74) is 0. The number of allylic oxidation sites excluding steroid dienone is 1. The molecular formula is C9H11Cl2N3S. The highest BCUT2D eigenvalue weighted by atomic mass is 35.5. The van der Waals surface area contributed by atoms with Crippen molar-refractivity contribution in [2.75, 3.05) is 5.75 Å². The van der Waals surface area contributed by atoms with E-state index in [1.54, 1.807) is 18.1 Å². The largest absolute Gasteiger partial charge is 0.305 e. The van der Waals surface area contributed by atoms with Crippen molar-refractivity contribution < 1.29 is 0 Å². The van der Waals surface area contributed by atoms with Crippen LogP contribution in [0.15, 0.2) is 24.1 Å². The average molecular weight is 264 g/mol. The van der Waals surface area contributed by atoms with Crippen molar-refractivity contribution in [3.8, 4) is 0 Å². The molecule has 1 fully saturated rings. The number of hydrogen-bond acceptors (Lipinski definition) is 3. The Labute approximate surface area is 103 Å². The van der Waals surface area contributed by atoms with E-state index in [4.69, 9.17) is 23.2 Å². The molecule has 1 unspecified atom stereocenters. The Morgan fingerprint density at radius 1 is 1.73 bits per heavy atom. The fraction of sp³-hybridized carbons (Fsp3) is 0.556. The van der Waals surface area contributed by atoms with Crippen molar-refractivity contribution in [2.24, 2.45) is 5.92 Å². The number of aromatic nitrogens is 3. The highest BCUT2D eigenvalue weighted by Crippen LogP contribution is 2.54. The zero-order valence-corrected chi connectivity index (χ0v) is 10.4. The summed E-state index contributed by atoms with van der Waals surface area (Å²) in [7, 11) is 0. The molecule has 0 aliphatic heterocycles. The second-order valence-corrected chi connectivity index (χ2v) is 6.06. The van der Waals surface area contributed by atoms with E-state index in [0.29, 0.717) is 5.92 Å². The molecular weight excluding hydrogens is 253 g/mol. The van der Waals surface area contributed by atoms with Crippen LogP contribution in [0.25, 0.3) is 0 Å². The first-order valence-electron chi connectivity index (χ1n) is 4.63. The van der Waals surface area contributed by atoms with Crippen molar-refractivity contribution in [2.45, 2.75) is 22.5 Å². The maximum atomic E-state index is 5.94. The monoisotopic (exact) mass is 263 g/mol. The SMILES string of the molecule is C=CCn1cnnc1SCC1CC1(Cl)Cl. The van der Waals surface area contributed by atoms with E-state index >= 15 is 0 Å². The molecule has 0 amide bonds. The topological polar surface area (TPSA) is 30.7 Å². The number of rotatable bonds is 5. The minimum absolute atomic E-state index is 0.375. The molecule has 1 aromatic heterocycles. The van der Waals surface area contributed by atoms with Crippen LogP contribution in [-0.2, 0) is 6.54 Å². The lowest BCUT2D eigenvalue weighted by Crippen LogP contribution is -1.98. The zero-order chi connectivity index (χ0) is 10.9. The van der Waals surface area contributed by atoms with Gasteiger partial charge in [-0.1, -0.05) is 17.8 Å². The Kier molecular flexibility index (Phi) is 3.28. The lowest BCUT2D eigenvalue weighted by atomic mass is 10.5. The van der Waals surface area contributed by atoms with Crippen LogP contribution in [0.4, 0.5) is 0 Å². The van der Waals surface area contributed by atoms with Gasteiger partial charge < -0.3 is 4.57 Å². The summed E-state index contributed by atoms with van der Waals surface area (Å²) in [4.78, 5) is 0. The van der Waals surface area contributed by atoms with Crippen LogP contribution < -0.4 is 0 Å². The van der Waals surface area contributed by atoms with Gasteiger partial charge in [0.2, 0.25) is 0 Å². The number of halogens is 2. The Bertz CT molecular complexity index is 364. The Hall–Kier alpha value is -0.190. The fourth-order valence-corrected chi connectivity index (χ4v) is 3.10. The molecule has 1 saturated carbocycles. The lowest BCUT2D eigenvalue weighted by molar-refractivity contribution is 0.724. The van der Waals surface area contributed by atoms with Gasteiger partial charge in [-0.05, 0) is 6.42 Å². The van der Waals surface area contributed by atoms with E-state index in [1.165, 1.54) is 0 Å². The predicted octanol–water partition coefficient (Wildman–Crippen LogP) is 2.75. The van der Waals surface area contributed by atoms with Gasteiger partial charge >= 0.3 is 0 Å². The minimum Gasteiger partial charge on any atom is -0.305 e. The molecule has 0 spiro atoms. The van der Waals surface area contributed by atoms with Crippen LogP contribution in [0.5, 0.6) is 0 Å². The van der Waals surface area contributed by atoms with Gasteiger partial charge in [-0.15, -0.1) is 40.0 Å². The van der Waals surface area contributed by atoms with E-state index in [-0.39, 0.29) is 0 Å². The molecule has 1 heterocycles. The lowest BCUT2D eigenvalue weighted by Gasteiger charge is -2.02. The smallest absolute Gasteiger partial charge is 0.191 e. The van der Waals surface area contributed by atoms with E-state index in [2.05, 4.69) is 16.8 Å². The summed E-state index contributed by atoms with van der Waals surface area (Å²) >= 11 is 13.5. The summed E-state index contributed by atoms with van der Waals surface area (Å²) < 4.78 is 1.44. The number of alkyl halides is 2. The predicted molar refractivity (Wildman–Crippen MR) is 63.5 cm³/mol. The minimum atomic E-state index is -0.504. The highest BCUT2D eigenvalue weighted by molar-refractivity contribution is 7.99. The van der Waals surface area contributed by atoms with Crippen LogP contribution >= 0.6 is 35.0 Å². The molecule has 2 rings (SSSR count). The third kappa shape index (κ3) is 2.68. The van der Waals surface area contributed by atoms with Crippen molar-refractivity contribution in [3.63, 3.8) is 0 Å².